The van der Waals surface area contributed by atoms with Gasteiger partial charge in [0.15, 0.2) is 6.29 Å². The van der Waals surface area contributed by atoms with Crippen molar-refractivity contribution >= 4 is 6.29 Å². The average Bonchev–Trinajstić information content (AvgIpc) is 1.89. The molecular formula is C6H12O3. The normalized spacial score (nSPS) is 13.1. The number of rotatable bonds is 5. The molecule has 0 aromatic heterocycles. The molecule has 0 aliphatic rings. The molecule has 0 aliphatic heterocycles. The highest BCUT2D eigenvalue weighted by Crippen LogP contribution is 1.90. The molecule has 0 spiro atoms. The lowest BCUT2D eigenvalue weighted by molar-refractivity contribution is -0.121. The lowest BCUT2D eigenvalue weighted by Gasteiger charge is -2.08. The van der Waals surface area contributed by atoms with E-state index in [0.717, 1.165) is 6.29 Å². The van der Waals surface area contributed by atoms with Crippen molar-refractivity contribution in [2.75, 3.05) is 13.7 Å². The van der Waals surface area contributed by atoms with Crippen LogP contribution < -0.4 is 0 Å². The van der Waals surface area contributed by atoms with E-state index in [0.29, 0.717) is 13.0 Å². The summed E-state index contributed by atoms with van der Waals surface area (Å²) in [5.74, 6) is 0. The standard InChI is InChI=1S/C6H12O3/c1-6(8-2)9-5-3-4-7/h4,6H,3,5H2,1-2H3. The highest BCUT2D eigenvalue weighted by atomic mass is 16.7. The Morgan fingerprint density at radius 1 is 1.67 bits per heavy atom. The highest BCUT2D eigenvalue weighted by Gasteiger charge is 1.95. The third-order valence-electron chi connectivity index (χ3n) is 0.920. The average molecular weight is 132 g/mol. The molecule has 0 amide bonds. The Bertz CT molecular complexity index is 72.7. The van der Waals surface area contributed by atoms with Crippen LogP contribution in [0.3, 0.4) is 0 Å². The molecule has 0 aromatic carbocycles. The fraction of sp³-hybridized carbons (Fsp3) is 0.833. The van der Waals surface area contributed by atoms with E-state index in [4.69, 9.17) is 9.47 Å². The molecule has 3 heteroatoms. The number of hydrogen-bond donors (Lipinski definition) is 0. The minimum atomic E-state index is -0.204. The SMILES string of the molecule is COC(C)OCCC=O. The number of hydrogen-bond acceptors (Lipinski definition) is 3. The minimum Gasteiger partial charge on any atom is -0.356 e. The van der Waals surface area contributed by atoms with Crippen LogP contribution in [-0.2, 0) is 14.3 Å². The lowest BCUT2D eigenvalue weighted by atomic mass is 10.5. The molecule has 0 bridgehead atoms. The van der Waals surface area contributed by atoms with Gasteiger partial charge in [-0.2, -0.15) is 0 Å². The van der Waals surface area contributed by atoms with Crippen LogP contribution in [0.25, 0.3) is 0 Å². The summed E-state index contributed by atoms with van der Waals surface area (Å²) >= 11 is 0. The molecular weight excluding hydrogens is 120 g/mol. The van der Waals surface area contributed by atoms with Crippen LogP contribution in [0.2, 0.25) is 0 Å². The fourth-order valence-electron chi connectivity index (χ4n) is 0.350. The van der Waals surface area contributed by atoms with Crippen molar-refractivity contribution in [3.63, 3.8) is 0 Å². The number of ether oxygens (including phenoxy) is 2. The summed E-state index contributed by atoms with van der Waals surface area (Å²) in [7, 11) is 1.56. The summed E-state index contributed by atoms with van der Waals surface area (Å²) in [5.41, 5.74) is 0. The van der Waals surface area contributed by atoms with E-state index in [1.807, 2.05) is 0 Å². The molecule has 0 aromatic rings. The largest absolute Gasteiger partial charge is 0.356 e. The van der Waals surface area contributed by atoms with E-state index >= 15 is 0 Å². The summed E-state index contributed by atoms with van der Waals surface area (Å²) < 4.78 is 9.74. The molecule has 0 aliphatic carbocycles. The Kier molecular flexibility index (Phi) is 5.46. The first-order valence-electron chi connectivity index (χ1n) is 2.89. The third-order valence-corrected chi connectivity index (χ3v) is 0.920. The second-order valence-corrected chi connectivity index (χ2v) is 1.63. The third kappa shape index (κ3) is 5.46. The van der Waals surface area contributed by atoms with Crippen molar-refractivity contribution in [3.8, 4) is 0 Å². The van der Waals surface area contributed by atoms with Gasteiger partial charge in [-0.3, -0.25) is 0 Å². The molecule has 0 saturated carbocycles. The van der Waals surface area contributed by atoms with E-state index in [-0.39, 0.29) is 6.29 Å². The summed E-state index contributed by atoms with van der Waals surface area (Å²) in [6.07, 6.45) is 1.06. The van der Waals surface area contributed by atoms with Crippen LogP contribution >= 0.6 is 0 Å². The van der Waals surface area contributed by atoms with Gasteiger partial charge in [0.1, 0.15) is 6.29 Å². The van der Waals surface area contributed by atoms with E-state index in [1.54, 1.807) is 14.0 Å². The molecule has 3 nitrogen and oxygen atoms in total. The van der Waals surface area contributed by atoms with E-state index in [2.05, 4.69) is 0 Å². The quantitative estimate of drug-likeness (QED) is 0.312. The van der Waals surface area contributed by atoms with Crippen LogP contribution in [0.5, 0.6) is 0 Å². The van der Waals surface area contributed by atoms with Gasteiger partial charge in [-0.25, -0.2) is 0 Å². The monoisotopic (exact) mass is 132 g/mol. The van der Waals surface area contributed by atoms with Gasteiger partial charge in [0.05, 0.1) is 6.61 Å². The van der Waals surface area contributed by atoms with Gasteiger partial charge in [0.2, 0.25) is 0 Å². The molecule has 0 saturated heterocycles. The summed E-state index contributed by atoms with van der Waals surface area (Å²) in [6, 6.07) is 0. The van der Waals surface area contributed by atoms with Crippen molar-refractivity contribution in [1.29, 1.82) is 0 Å². The van der Waals surface area contributed by atoms with Crippen LogP contribution in [-0.4, -0.2) is 26.3 Å². The molecule has 0 N–H and O–H groups in total. The predicted octanol–water partition coefficient (Wildman–Crippen LogP) is 0.584. The maximum Gasteiger partial charge on any atom is 0.154 e. The Morgan fingerprint density at radius 3 is 2.78 bits per heavy atom. The maximum absolute atomic E-state index is 9.75. The van der Waals surface area contributed by atoms with Crippen molar-refractivity contribution in [1.82, 2.24) is 0 Å². The molecule has 0 heterocycles. The van der Waals surface area contributed by atoms with Crippen LogP contribution in [0.1, 0.15) is 13.3 Å². The van der Waals surface area contributed by atoms with Crippen LogP contribution in [0, 0.1) is 0 Å². The van der Waals surface area contributed by atoms with Gasteiger partial charge in [-0.15, -0.1) is 0 Å². The van der Waals surface area contributed by atoms with Gasteiger partial charge in [-0.05, 0) is 6.92 Å². The first-order valence-corrected chi connectivity index (χ1v) is 2.89. The predicted molar refractivity (Wildman–Crippen MR) is 33.1 cm³/mol. The molecule has 1 unspecified atom stereocenters. The number of methoxy groups -OCH3 is 1. The lowest BCUT2D eigenvalue weighted by Crippen LogP contribution is -2.10. The van der Waals surface area contributed by atoms with E-state index in [1.165, 1.54) is 0 Å². The Morgan fingerprint density at radius 2 is 2.33 bits per heavy atom. The zero-order chi connectivity index (χ0) is 7.11. The van der Waals surface area contributed by atoms with Gasteiger partial charge in [-0.1, -0.05) is 0 Å². The Hall–Kier alpha value is -0.410. The smallest absolute Gasteiger partial charge is 0.154 e. The van der Waals surface area contributed by atoms with Gasteiger partial charge in [0, 0.05) is 13.5 Å². The number of aldehydes is 1. The van der Waals surface area contributed by atoms with Crippen molar-refractivity contribution < 1.29 is 14.3 Å². The molecule has 0 fully saturated rings. The van der Waals surface area contributed by atoms with Gasteiger partial charge in [0.25, 0.3) is 0 Å². The van der Waals surface area contributed by atoms with E-state index in [9.17, 15) is 4.79 Å². The van der Waals surface area contributed by atoms with Gasteiger partial charge < -0.3 is 14.3 Å². The van der Waals surface area contributed by atoms with Crippen molar-refractivity contribution in [2.24, 2.45) is 0 Å². The van der Waals surface area contributed by atoms with Crippen molar-refractivity contribution in [2.45, 2.75) is 19.6 Å². The zero-order valence-electron chi connectivity index (χ0n) is 5.79. The molecule has 54 valence electrons. The van der Waals surface area contributed by atoms with Crippen LogP contribution in [0.4, 0.5) is 0 Å². The van der Waals surface area contributed by atoms with E-state index < -0.39 is 0 Å². The van der Waals surface area contributed by atoms with Gasteiger partial charge >= 0.3 is 0 Å². The molecule has 1 atom stereocenters. The number of carbonyl (C=O) groups excluding carboxylic acids is 1. The Balaban J connectivity index is 2.96. The van der Waals surface area contributed by atoms with Crippen molar-refractivity contribution in [3.05, 3.63) is 0 Å². The number of carbonyl (C=O) groups is 1. The molecule has 0 rings (SSSR count). The topological polar surface area (TPSA) is 35.5 Å². The Labute approximate surface area is 55.0 Å². The first-order chi connectivity index (χ1) is 4.31. The summed E-state index contributed by atoms with van der Waals surface area (Å²) in [6.45, 7) is 2.23. The first kappa shape index (κ1) is 8.59. The fourth-order valence-corrected chi connectivity index (χ4v) is 0.350. The van der Waals surface area contributed by atoms with Crippen LogP contribution in [0.15, 0.2) is 0 Å². The second kappa shape index (κ2) is 5.72. The zero-order valence-corrected chi connectivity index (χ0v) is 5.79. The highest BCUT2D eigenvalue weighted by molar-refractivity contribution is 5.49. The summed E-state index contributed by atoms with van der Waals surface area (Å²) in [4.78, 5) is 9.75. The summed E-state index contributed by atoms with van der Waals surface area (Å²) in [5, 5.41) is 0. The maximum atomic E-state index is 9.75. The minimum absolute atomic E-state index is 0.204. The second-order valence-electron chi connectivity index (χ2n) is 1.63. The molecule has 0 radical (unpaired) electrons. The molecule has 9 heavy (non-hydrogen) atoms.